The van der Waals surface area contributed by atoms with Gasteiger partial charge >= 0.3 is 5.97 Å². The molecular weight excluding hydrogens is 1040 g/mol. The number of nitrogens with one attached hydrogen (secondary N) is 1. The Labute approximate surface area is 531 Å². The van der Waals surface area contributed by atoms with Gasteiger partial charge in [0.05, 0.1) is 25.4 Å². The van der Waals surface area contributed by atoms with E-state index >= 15 is 0 Å². The summed E-state index contributed by atoms with van der Waals surface area (Å²) in [5, 5.41) is 23.5. The van der Waals surface area contributed by atoms with Crippen LogP contribution in [0.4, 0.5) is 0 Å². The van der Waals surface area contributed by atoms with Crippen molar-refractivity contribution in [2.24, 2.45) is 0 Å². The Morgan fingerprint density at radius 3 is 0.906 bits per heavy atom. The molecule has 6 nitrogen and oxygen atoms in total. The number of rotatable bonds is 72. The molecule has 0 radical (unpaired) electrons. The number of aliphatic hydroxyl groups is 2. The number of hydrogen-bond acceptors (Lipinski definition) is 5. The molecule has 0 heterocycles. The monoisotopic (exact) mass is 1190 g/mol. The van der Waals surface area contributed by atoms with Gasteiger partial charge in [0, 0.05) is 12.8 Å². The number of carbonyl (C=O) groups is 2. The minimum atomic E-state index is -0.667. The van der Waals surface area contributed by atoms with Gasteiger partial charge in [0.2, 0.25) is 5.91 Å². The van der Waals surface area contributed by atoms with Crippen LogP contribution in [0.3, 0.4) is 0 Å². The summed E-state index contributed by atoms with van der Waals surface area (Å²) in [4.78, 5) is 24.6. The van der Waals surface area contributed by atoms with E-state index in [0.29, 0.717) is 25.9 Å². The molecule has 0 fully saturated rings. The first-order valence-corrected chi connectivity index (χ1v) is 38.4. The number of aliphatic hydroxyl groups excluding tert-OH is 2. The highest BCUT2D eigenvalue weighted by Crippen LogP contribution is 2.19. The maximum atomic E-state index is 12.6. The van der Waals surface area contributed by atoms with Crippen molar-refractivity contribution in [1.82, 2.24) is 5.32 Å². The van der Waals surface area contributed by atoms with Gasteiger partial charge < -0.3 is 20.3 Å². The molecule has 85 heavy (non-hydrogen) atoms. The largest absolute Gasteiger partial charge is 0.466 e. The topological polar surface area (TPSA) is 95.9 Å². The molecule has 1 amide bonds. The first kappa shape index (κ1) is 82.8. The lowest BCUT2D eigenvalue weighted by Gasteiger charge is -2.22. The third kappa shape index (κ3) is 70.8. The Bertz CT molecular complexity index is 1420. The summed E-state index contributed by atoms with van der Waals surface area (Å²) in [6, 6.07) is -0.545. The van der Waals surface area contributed by atoms with Gasteiger partial charge in [-0.05, 0) is 89.9 Å². The van der Waals surface area contributed by atoms with E-state index in [0.717, 1.165) is 57.8 Å². The number of allylic oxidation sites excluding steroid dienone is 8. The van der Waals surface area contributed by atoms with Gasteiger partial charge in [-0.2, -0.15) is 0 Å². The Kier molecular flexibility index (Phi) is 72.4. The lowest BCUT2D eigenvalue weighted by molar-refractivity contribution is -0.143. The highest BCUT2D eigenvalue weighted by atomic mass is 16.5. The van der Waals surface area contributed by atoms with Crippen molar-refractivity contribution in [1.29, 1.82) is 0 Å². The number of amides is 1. The molecule has 0 bridgehead atoms. The van der Waals surface area contributed by atoms with Crippen molar-refractivity contribution in [2.45, 2.75) is 431 Å². The van der Waals surface area contributed by atoms with Crippen LogP contribution in [-0.4, -0.2) is 47.4 Å². The molecule has 2 unspecified atom stereocenters. The quantitative estimate of drug-likeness (QED) is 0.0320. The Balaban J connectivity index is 3.41. The van der Waals surface area contributed by atoms with E-state index in [2.05, 4.69) is 67.8 Å². The van der Waals surface area contributed by atoms with Crippen molar-refractivity contribution in [3.8, 4) is 0 Å². The Hall–Kier alpha value is -2.18. The van der Waals surface area contributed by atoms with Gasteiger partial charge in [-0.15, -0.1) is 0 Å². The van der Waals surface area contributed by atoms with Crippen molar-refractivity contribution in [3.63, 3.8) is 0 Å². The molecular formula is C79H149NO5. The molecule has 0 rings (SSSR count). The molecule has 3 N–H and O–H groups in total. The van der Waals surface area contributed by atoms with Crippen LogP contribution in [0.1, 0.15) is 418 Å². The van der Waals surface area contributed by atoms with Crippen LogP contribution in [-0.2, 0) is 14.3 Å². The molecule has 2 atom stereocenters. The number of unbranched alkanes of at least 4 members (excludes halogenated alkanes) is 53. The molecule has 0 aliphatic heterocycles. The summed E-state index contributed by atoms with van der Waals surface area (Å²) >= 11 is 0. The zero-order chi connectivity index (χ0) is 61.3. The number of esters is 1. The molecule has 6 heteroatoms. The van der Waals surface area contributed by atoms with Crippen LogP contribution in [0.15, 0.2) is 48.6 Å². The van der Waals surface area contributed by atoms with E-state index in [1.165, 1.54) is 327 Å². The number of hydrogen-bond donors (Lipinski definition) is 3. The zero-order valence-electron chi connectivity index (χ0n) is 57.4. The minimum Gasteiger partial charge on any atom is -0.466 e. The van der Waals surface area contributed by atoms with Crippen LogP contribution in [0.5, 0.6) is 0 Å². The lowest BCUT2D eigenvalue weighted by atomic mass is 10.0. The highest BCUT2D eigenvalue weighted by molar-refractivity contribution is 5.76. The van der Waals surface area contributed by atoms with E-state index < -0.39 is 12.1 Å². The summed E-state index contributed by atoms with van der Waals surface area (Å²) in [7, 11) is 0. The van der Waals surface area contributed by atoms with Crippen LogP contribution < -0.4 is 5.32 Å². The molecule has 0 spiro atoms. The molecule has 0 aromatic rings. The van der Waals surface area contributed by atoms with Gasteiger partial charge in [-0.25, -0.2) is 0 Å². The maximum absolute atomic E-state index is 12.6. The van der Waals surface area contributed by atoms with Crippen molar-refractivity contribution in [3.05, 3.63) is 48.6 Å². The Morgan fingerprint density at radius 2 is 0.588 bits per heavy atom. The second-order valence-corrected chi connectivity index (χ2v) is 26.3. The summed E-state index contributed by atoms with van der Waals surface area (Å²) in [5.41, 5.74) is 0. The summed E-state index contributed by atoms with van der Waals surface area (Å²) in [6.45, 7) is 4.96. The molecule has 0 aromatic heterocycles. The lowest BCUT2D eigenvalue weighted by Crippen LogP contribution is -2.45. The second-order valence-electron chi connectivity index (χ2n) is 26.3. The van der Waals surface area contributed by atoms with E-state index in [1.54, 1.807) is 0 Å². The van der Waals surface area contributed by atoms with Crippen molar-refractivity contribution in [2.75, 3.05) is 13.2 Å². The van der Waals surface area contributed by atoms with Gasteiger partial charge in [-0.1, -0.05) is 364 Å². The van der Waals surface area contributed by atoms with Crippen LogP contribution in [0.2, 0.25) is 0 Å². The predicted molar refractivity (Wildman–Crippen MR) is 375 cm³/mol. The van der Waals surface area contributed by atoms with Gasteiger partial charge in [0.15, 0.2) is 0 Å². The molecule has 0 saturated heterocycles. The van der Waals surface area contributed by atoms with Crippen LogP contribution >= 0.6 is 0 Å². The average molecular weight is 1190 g/mol. The maximum Gasteiger partial charge on any atom is 0.305 e. The molecule has 0 saturated carbocycles. The fraction of sp³-hybridized carbons (Fsp3) is 0.873. The van der Waals surface area contributed by atoms with Gasteiger partial charge in [-0.3, -0.25) is 9.59 Å². The predicted octanol–water partition coefficient (Wildman–Crippen LogP) is 25.2. The van der Waals surface area contributed by atoms with Gasteiger partial charge in [0.25, 0.3) is 0 Å². The molecule has 0 aliphatic rings. The number of ether oxygens (including phenoxy) is 1. The smallest absolute Gasteiger partial charge is 0.305 e. The van der Waals surface area contributed by atoms with E-state index in [1.807, 2.05) is 0 Å². The van der Waals surface area contributed by atoms with Crippen LogP contribution in [0, 0.1) is 0 Å². The zero-order valence-corrected chi connectivity index (χ0v) is 57.4. The average Bonchev–Trinajstić information content (AvgIpc) is 3.51. The molecule has 500 valence electrons. The van der Waals surface area contributed by atoms with Crippen molar-refractivity contribution >= 4 is 11.9 Å². The fourth-order valence-electron chi connectivity index (χ4n) is 12.0. The third-order valence-electron chi connectivity index (χ3n) is 17.9. The van der Waals surface area contributed by atoms with E-state index in [4.69, 9.17) is 4.74 Å². The highest BCUT2D eigenvalue weighted by Gasteiger charge is 2.20. The summed E-state index contributed by atoms with van der Waals surface area (Å²) in [5.74, 6) is -0.0326. The third-order valence-corrected chi connectivity index (χ3v) is 17.9. The first-order valence-electron chi connectivity index (χ1n) is 38.4. The Morgan fingerprint density at radius 1 is 0.329 bits per heavy atom. The van der Waals surface area contributed by atoms with Crippen molar-refractivity contribution < 1.29 is 24.5 Å². The molecule has 0 aromatic carbocycles. The number of carbonyl (C=O) groups excluding carboxylic acids is 2. The molecule has 0 aliphatic carbocycles. The minimum absolute atomic E-state index is 0.00101. The van der Waals surface area contributed by atoms with Crippen LogP contribution in [0.25, 0.3) is 0 Å². The summed E-state index contributed by atoms with van der Waals surface area (Å²) < 4.78 is 5.49. The standard InChI is InChI=1S/C79H149NO5/c1-3-5-7-9-11-13-15-17-19-21-22-23-31-34-37-40-43-47-51-55-59-63-67-71-77(82)76(75-81)80-78(83)72-68-64-60-56-52-48-44-41-38-35-32-29-27-25-24-26-28-30-33-36-39-42-46-50-54-58-62-66-70-74-85-79(84)73-69-65-61-57-53-49-45-20-18-16-14-12-10-8-6-4-2/h14,16,20,24,26,30,33,45,76-77,81-82H,3-13,15,17-19,21-23,25,27-29,31-32,34-44,46-75H2,1-2H3,(H,80,83)/b16-14-,26-24-,33-30-,45-20-. The van der Waals surface area contributed by atoms with E-state index in [-0.39, 0.29) is 18.5 Å². The summed E-state index contributed by atoms with van der Waals surface area (Å²) in [6.07, 6.45) is 97.5. The second kappa shape index (κ2) is 74.3. The first-order chi connectivity index (χ1) is 42.0. The SMILES string of the molecule is CCCCCC/C=C\C/C=C\CCCCCCCC(=O)OCCCCCCCCCCC/C=C\C/C=C\CCCCCCCCCCCCCCCC(=O)NC(CO)C(O)CCCCCCCCCCCCCCCCCCCCCCCCC. The van der Waals surface area contributed by atoms with E-state index in [9.17, 15) is 19.8 Å². The fourth-order valence-corrected chi connectivity index (χ4v) is 12.0. The van der Waals surface area contributed by atoms with Gasteiger partial charge in [0.1, 0.15) is 0 Å². The normalized spacial score (nSPS) is 12.8.